The lowest BCUT2D eigenvalue weighted by Gasteiger charge is -2.21. The fraction of sp³-hybridized carbons (Fsp3) is 0.550. The lowest BCUT2D eigenvalue weighted by Crippen LogP contribution is -2.44. The average molecular weight is 370 g/mol. The molecule has 0 saturated carbocycles. The van der Waals surface area contributed by atoms with Gasteiger partial charge in [0.1, 0.15) is 12.9 Å². The predicted molar refractivity (Wildman–Crippen MR) is 108 cm³/mol. The number of aryl methyl sites for hydroxylation is 1. The average Bonchev–Trinajstić information content (AvgIpc) is 3.27. The van der Waals surface area contributed by atoms with E-state index in [0.717, 1.165) is 44.4 Å². The molecule has 1 saturated heterocycles. The summed E-state index contributed by atoms with van der Waals surface area (Å²) in [6, 6.07) is 11.6. The van der Waals surface area contributed by atoms with E-state index in [1.54, 1.807) is 6.33 Å². The highest BCUT2D eigenvalue weighted by molar-refractivity contribution is 5.80. The number of rotatable bonds is 7. The molecule has 1 fully saturated rings. The number of aromatic nitrogens is 3. The molecule has 146 valence electrons. The Bertz CT molecular complexity index is 725. The van der Waals surface area contributed by atoms with Crippen LogP contribution in [0.5, 0.6) is 0 Å². The molecule has 27 heavy (non-hydrogen) atoms. The molecule has 0 radical (unpaired) electrons. The van der Waals surface area contributed by atoms with Crippen molar-refractivity contribution >= 4 is 5.96 Å². The molecule has 0 aliphatic carbocycles. The second kappa shape index (κ2) is 9.50. The highest BCUT2D eigenvalue weighted by Crippen LogP contribution is 2.20. The van der Waals surface area contributed by atoms with Gasteiger partial charge in [-0.2, -0.15) is 0 Å². The summed E-state index contributed by atoms with van der Waals surface area (Å²) in [7, 11) is 0. The molecule has 1 aromatic carbocycles. The second-order valence-corrected chi connectivity index (χ2v) is 7.07. The number of nitrogens with one attached hydrogen (secondary N) is 2. The third-order valence-electron chi connectivity index (χ3n) is 5.03. The van der Waals surface area contributed by atoms with Gasteiger partial charge in [-0.15, -0.1) is 10.2 Å². The highest BCUT2D eigenvalue weighted by atomic mass is 15.3. The van der Waals surface area contributed by atoms with Gasteiger partial charge in [0.2, 0.25) is 0 Å². The van der Waals surface area contributed by atoms with Crippen LogP contribution in [0, 0.1) is 0 Å². The summed E-state index contributed by atoms with van der Waals surface area (Å²) in [6.07, 6.45) is 2.87. The Kier molecular flexibility index (Phi) is 6.81. The quantitative estimate of drug-likeness (QED) is 0.577. The highest BCUT2D eigenvalue weighted by Gasteiger charge is 2.29. The number of likely N-dealkylation sites (tertiary alicyclic amines) is 1. The summed E-state index contributed by atoms with van der Waals surface area (Å²) < 4.78 is 2.02. The van der Waals surface area contributed by atoms with Gasteiger partial charge in [-0.1, -0.05) is 30.3 Å². The van der Waals surface area contributed by atoms with E-state index in [1.165, 1.54) is 5.56 Å². The van der Waals surface area contributed by atoms with E-state index in [9.17, 15) is 0 Å². The Labute approximate surface area is 161 Å². The Morgan fingerprint density at radius 2 is 2.07 bits per heavy atom. The normalized spacial score (nSPS) is 20.8. The summed E-state index contributed by atoms with van der Waals surface area (Å²) in [5, 5.41) is 15.1. The van der Waals surface area contributed by atoms with E-state index >= 15 is 0 Å². The first-order chi connectivity index (χ1) is 13.2. The molecule has 1 aromatic heterocycles. The van der Waals surface area contributed by atoms with Crippen LogP contribution in [0.15, 0.2) is 41.7 Å². The van der Waals surface area contributed by atoms with Crippen molar-refractivity contribution in [2.24, 2.45) is 4.99 Å². The number of hydrogen-bond acceptors (Lipinski definition) is 4. The number of guanidine groups is 1. The van der Waals surface area contributed by atoms with E-state index in [2.05, 4.69) is 76.8 Å². The number of benzene rings is 1. The van der Waals surface area contributed by atoms with E-state index < -0.39 is 0 Å². The molecule has 7 heteroatoms. The van der Waals surface area contributed by atoms with E-state index in [-0.39, 0.29) is 0 Å². The van der Waals surface area contributed by atoms with E-state index in [0.29, 0.717) is 18.6 Å². The maximum Gasteiger partial charge on any atom is 0.191 e. The van der Waals surface area contributed by atoms with Gasteiger partial charge in [-0.05, 0) is 32.8 Å². The molecule has 1 aliphatic rings. The summed E-state index contributed by atoms with van der Waals surface area (Å²) in [5.74, 6) is 1.74. The molecule has 7 nitrogen and oxygen atoms in total. The lowest BCUT2D eigenvalue weighted by molar-refractivity contribution is 0.258. The van der Waals surface area contributed by atoms with Crippen molar-refractivity contribution < 1.29 is 0 Å². The number of aliphatic imine (C=N–C) groups is 1. The Morgan fingerprint density at radius 3 is 2.81 bits per heavy atom. The van der Waals surface area contributed by atoms with Crippen LogP contribution in [0.25, 0.3) is 0 Å². The molecule has 2 unspecified atom stereocenters. The zero-order valence-electron chi connectivity index (χ0n) is 16.6. The smallest absolute Gasteiger partial charge is 0.191 e. The summed E-state index contributed by atoms with van der Waals surface area (Å²) in [4.78, 5) is 7.25. The molecule has 1 aliphatic heterocycles. The van der Waals surface area contributed by atoms with Gasteiger partial charge >= 0.3 is 0 Å². The van der Waals surface area contributed by atoms with Crippen LogP contribution >= 0.6 is 0 Å². The van der Waals surface area contributed by atoms with Crippen LogP contribution < -0.4 is 10.6 Å². The van der Waals surface area contributed by atoms with Crippen LogP contribution in [0.4, 0.5) is 0 Å². The molecular formula is C20H31N7. The van der Waals surface area contributed by atoms with E-state index in [1.807, 2.05) is 4.57 Å². The van der Waals surface area contributed by atoms with Crippen molar-refractivity contribution in [3.63, 3.8) is 0 Å². The van der Waals surface area contributed by atoms with Gasteiger partial charge in [0.25, 0.3) is 0 Å². The number of nitrogens with zero attached hydrogens (tertiary/aromatic N) is 5. The maximum absolute atomic E-state index is 4.71. The first kappa shape index (κ1) is 19.4. The minimum atomic E-state index is 0.394. The molecule has 2 aromatic rings. The maximum atomic E-state index is 4.71. The SMILES string of the molecule is CCNC(=NCc1nncn1CC)NC1CC(C)N(Cc2ccccc2)C1. The largest absolute Gasteiger partial charge is 0.357 e. The van der Waals surface area contributed by atoms with Crippen LogP contribution in [-0.2, 0) is 19.6 Å². The van der Waals surface area contributed by atoms with Gasteiger partial charge in [0.15, 0.2) is 11.8 Å². The van der Waals surface area contributed by atoms with Crippen molar-refractivity contribution in [3.05, 3.63) is 48.0 Å². The molecule has 2 heterocycles. The van der Waals surface area contributed by atoms with Gasteiger partial charge in [-0.3, -0.25) is 4.90 Å². The summed E-state index contributed by atoms with van der Waals surface area (Å²) in [5.41, 5.74) is 1.37. The van der Waals surface area contributed by atoms with Crippen molar-refractivity contribution in [2.75, 3.05) is 13.1 Å². The van der Waals surface area contributed by atoms with Crippen molar-refractivity contribution in [1.82, 2.24) is 30.3 Å². The third kappa shape index (κ3) is 5.29. The third-order valence-corrected chi connectivity index (χ3v) is 5.03. The van der Waals surface area contributed by atoms with Crippen molar-refractivity contribution in [1.29, 1.82) is 0 Å². The van der Waals surface area contributed by atoms with Gasteiger partial charge < -0.3 is 15.2 Å². The van der Waals surface area contributed by atoms with Gasteiger partial charge in [-0.25, -0.2) is 4.99 Å². The van der Waals surface area contributed by atoms with E-state index in [4.69, 9.17) is 4.99 Å². The molecule has 0 amide bonds. The molecule has 2 N–H and O–H groups in total. The molecule has 2 atom stereocenters. The monoisotopic (exact) mass is 369 g/mol. The fourth-order valence-corrected chi connectivity index (χ4v) is 3.57. The Morgan fingerprint density at radius 1 is 1.26 bits per heavy atom. The molecular weight excluding hydrogens is 338 g/mol. The van der Waals surface area contributed by atoms with Crippen LogP contribution in [0.2, 0.25) is 0 Å². The van der Waals surface area contributed by atoms with Crippen LogP contribution in [-0.4, -0.2) is 50.8 Å². The van der Waals surface area contributed by atoms with Crippen LogP contribution in [0.3, 0.4) is 0 Å². The second-order valence-electron chi connectivity index (χ2n) is 7.07. The first-order valence-electron chi connectivity index (χ1n) is 9.89. The minimum absolute atomic E-state index is 0.394. The Balaban J connectivity index is 1.58. The Hall–Kier alpha value is -2.41. The van der Waals surface area contributed by atoms with Crippen molar-refractivity contribution in [2.45, 2.75) is 58.9 Å². The minimum Gasteiger partial charge on any atom is -0.357 e. The standard InChI is InChI=1S/C20H31N7/c1-4-21-20(22-12-19-25-23-15-26(19)5-2)24-18-11-16(3)27(14-18)13-17-9-7-6-8-10-17/h6-10,15-16,18H,4-5,11-14H2,1-3H3,(H2,21,22,24). The zero-order chi connectivity index (χ0) is 19.1. The molecule has 0 spiro atoms. The van der Waals surface area contributed by atoms with Gasteiger partial charge in [0, 0.05) is 38.3 Å². The summed E-state index contributed by atoms with van der Waals surface area (Å²) >= 11 is 0. The zero-order valence-corrected chi connectivity index (χ0v) is 16.6. The number of hydrogen-bond donors (Lipinski definition) is 2. The van der Waals surface area contributed by atoms with Gasteiger partial charge in [0.05, 0.1) is 0 Å². The van der Waals surface area contributed by atoms with Crippen molar-refractivity contribution in [3.8, 4) is 0 Å². The fourth-order valence-electron chi connectivity index (χ4n) is 3.57. The molecule has 3 rings (SSSR count). The molecule has 0 bridgehead atoms. The first-order valence-corrected chi connectivity index (χ1v) is 9.89. The predicted octanol–water partition coefficient (Wildman–Crippen LogP) is 2.02. The lowest BCUT2D eigenvalue weighted by atomic mass is 10.2. The topological polar surface area (TPSA) is 70.4 Å². The van der Waals surface area contributed by atoms with Crippen LogP contribution in [0.1, 0.15) is 38.6 Å². The summed E-state index contributed by atoms with van der Waals surface area (Å²) in [6.45, 7) is 10.7.